The van der Waals surface area contributed by atoms with Crippen molar-refractivity contribution in [2.24, 2.45) is 5.92 Å². The van der Waals surface area contributed by atoms with Crippen molar-refractivity contribution >= 4 is 5.91 Å². The summed E-state index contributed by atoms with van der Waals surface area (Å²) in [5.41, 5.74) is 0. The van der Waals surface area contributed by atoms with Crippen molar-refractivity contribution in [1.29, 1.82) is 5.26 Å². The molecule has 0 saturated carbocycles. The molecular formula is C7H11FN2O. The van der Waals surface area contributed by atoms with Crippen LogP contribution in [0.25, 0.3) is 0 Å². The molecule has 0 radical (unpaired) electrons. The lowest BCUT2D eigenvalue weighted by molar-refractivity contribution is -0.123. The average Bonchev–Trinajstić information content (AvgIpc) is 2.03. The zero-order valence-electron chi connectivity index (χ0n) is 6.43. The number of rotatable bonds is 4. The fourth-order valence-corrected chi connectivity index (χ4v) is 0.629. The van der Waals surface area contributed by atoms with Crippen LogP contribution >= 0.6 is 0 Å². The SMILES string of the molecule is CCC(C#N)C(=O)NCCF. The number of nitriles is 1. The number of halogens is 1. The molecule has 3 nitrogen and oxygen atoms in total. The molecule has 0 aliphatic carbocycles. The van der Waals surface area contributed by atoms with E-state index in [9.17, 15) is 9.18 Å². The van der Waals surface area contributed by atoms with E-state index in [1.54, 1.807) is 6.92 Å². The summed E-state index contributed by atoms with van der Waals surface area (Å²) in [6, 6.07) is 1.83. The molecule has 0 aromatic heterocycles. The van der Waals surface area contributed by atoms with Crippen molar-refractivity contribution in [2.45, 2.75) is 13.3 Å². The molecule has 0 saturated heterocycles. The van der Waals surface area contributed by atoms with Gasteiger partial charge in [-0.25, -0.2) is 4.39 Å². The van der Waals surface area contributed by atoms with Crippen molar-refractivity contribution in [1.82, 2.24) is 5.32 Å². The summed E-state index contributed by atoms with van der Waals surface area (Å²) in [6.45, 7) is 1.15. The second kappa shape index (κ2) is 5.66. The molecular weight excluding hydrogens is 147 g/mol. The van der Waals surface area contributed by atoms with Gasteiger partial charge in [-0.15, -0.1) is 0 Å². The summed E-state index contributed by atoms with van der Waals surface area (Å²) in [5.74, 6) is -1.02. The van der Waals surface area contributed by atoms with Gasteiger partial charge in [0, 0.05) is 6.54 Å². The van der Waals surface area contributed by atoms with Gasteiger partial charge >= 0.3 is 0 Å². The highest BCUT2D eigenvalue weighted by atomic mass is 19.1. The minimum Gasteiger partial charge on any atom is -0.352 e. The minimum atomic E-state index is -0.637. The third kappa shape index (κ3) is 3.56. The second-order valence-electron chi connectivity index (χ2n) is 2.07. The molecule has 0 heterocycles. The van der Waals surface area contributed by atoms with Gasteiger partial charge in [0.25, 0.3) is 0 Å². The highest BCUT2D eigenvalue weighted by Crippen LogP contribution is 1.98. The monoisotopic (exact) mass is 158 g/mol. The molecule has 0 spiro atoms. The van der Waals surface area contributed by atoms with Crippen molar-refractivity contribution in [3.8, 4) is 6.07 Å². The number of amides is 1. The summed E-state index contributed by atoms with van der Waals surface area (Å²) in [7, 11) is 0. The minimum absolute atomic E-state index is 0.00296. The Hall–Kier alpha value is -1.11. The third-order valence-corrected chi connectivity index (χ3v) is 1.27. The van der Waals surface area contributed by atoms with E-state index in [2.05, 4.69) is 5.32 Å². The standard InChI is InChI=1S/C7H11FN2O/c1-2-6(5-9)7(11)10-4-3-8/h6H,2-4H2,1H3,(H,10,11). The maximum absolute atomic E-state index is 11.5. The predicted molar refractivity (Wildman–Crippen MR) is 38.4 cm³/mol. The van der Waals surface area contributed by atoms with E-state index >= 15 is 0 Å². The first kappa shape index (κ1) is 9.89. The Morgan fingerprint density at radius 2 is 2.45 bits per heavy atom. The highest BCUT2D eigenvalue weighted by Gasteiger charge is 2.13. The summed E-state index contributed by atoms with van der Waals surface area (Å²) >= 11 is 0. The molecule has 0 bridgehead atoms. The molecule has 1 amide bonds. The number of nitrogens with one attached hydrogen (secondary N) is 1. The Morgan fingerprint density at radius 1 is 1.82 bits per heavy atom. The Kier molecular flexibility index (Phi) is 5.09. The van der Waals surface area contributed by atoms with Crippen LogP contribution in [0.3, 0.4) is 0 Å². The summed E-state index contributed by atoms with van der Waals surface area (Å²) < 4.78 is 11.5. The number of carbonyl (C=O) groups is 1. The first-order chi connectivity index (χ1) is 5.26. The lowest BCUT2D eigenvalue weighted by atomic mass is 10.1. The molecule has 0 aromatic carbocycles. The maximum atomic E-state index is 11.5. The van der Waals surface area contributed by atoms with Crippen LogP contribution in [0, 0.1) is 17.2 Å². The smallest absolute Gasteiger partial charge is 0.237 e. The number of nitrogens with zero attached hydrogens (tertiary/aromatic N) is 1. The Morgan fingerprint density at radius 3 is 2.82 bits per heavy atom. The lowest BCUT2D eigenvalue weighted by Crippen LogP contribution is -2.31. The molecule has 0 fully saturated rings. The van der Waals surface area contributed by atoms with Crippen LogP contribution in [-0.4, -0.2) is 19.1 Å². The van der Waals surface area contributed by atoms with Crippen molar-refractivity contribution in [3.05, 3.63) is 0 Å². The lowest BCUT2D eigenvalue weighted by Gasteiger charge is -2.04. The van der Waals surface area contributed by atoms with Gasteiger partial charge in [0.2, 0.25) is 5.91 Å². The molecule has 0 aliphatic heterocycles. The van der Waals surface area contributed by atoms with Crippen LogP contribution in [0.15, 0.2) is 0 Å². The second-order valence-corrected chi connectivity index (χ2v) is 2.07. The van der Waals surface area contributed by atoms with Crippen LogP contribution in [0.2, 0.25) is 0 Å². The first-order valence-corrected chi connectivity index (χ1v) is 3.49. The largest absolute Gasteiger partial charge is 0.352 e. The fourth-order valence-electron chi connectivity index (χ4n) is 0.629. The van der Waals surface area contributed by atoms with Crippen molar-refractivity contribution in [3.63, 3.8) is 0 Å². The van der Waals surface area contributed by atoms with Crippen molar-refractivity contribution in [2.75, 3.05) is 13.2 Å². The van der Waals surface area contributed by atoms with Gasteiger partial charge in [0.1, 0.15) is 12.6 Å². The van der Waals surface area contributed by atoms with Crippen LogP contribution in [0.5, 0.6) is 0 Å². The van der Waals surface area contributed by atoms with Gasteiger partial charge < -0.3 is 5.32 Å². The van der Waals surface area contributed by atoms with Crippen molar-refractivity contribution < 1.29 is 9.18 Å². The van der Waals surface area contributed by atoms with Crippen LogP contribution < -0.4 is 5.32 Å². The highest BCUT2D eigenvalue weighted by molar-refractivity contribution is 5.80. The predicted octanol–water partition coefficient (Wildman–Crippen LogP) is 0.622. The summed E-state index contributed by atoms with van der Waals surface area (Å²) in [6.07, 6.45) is 0.467. The van der Waals surface area contributed by atoms with Gasteiger partial charge in [-0.2, -0.15) is 5.26 Å². The quantitative estimate of drug-likeness (QED) is 0.652. The zero-order valence-corrected chi connectivity index (χ0v) is 6.43. The Labute approximate surface area is 65.2 Å². The molecule has 1 N–H and O–H groups in total. The van der Waals surface area contributed by atoms with Gasteiger partial charge in [-0.1, -0.05) is 6.92 Å². The van der Waals surface area contributed by atoms with E-state index in [1.165, 1.54) is 0 Å². The van der Waals surface area contributed by atoms with E-state index in [0.717, 1.165) is 0 Å². The number of alkyl halides is 1. The average molecular weight is 158 g/mol. The zero-order chi connectivity index (χ0) is 8.69. The van der Waals surface area contributed by atoms with E-state index in [1.807, 2.05) is 6.07 Å². The first-order valence-electron chi connectivity index (χ1n) is 3.49. The van der Waals surface area contributed by atoms with Gasteiger partial charge in [0.05, 0.1) is 6.07 Å². The molecule has 0 aromatic rings. The van der Waals surface area contributed by atoms with Crippen LogP contribution in [0.4, 0.5) is 4.39 Å². The molecule has 4 heteroatoms. The normalized spacial score (nSPS) is 11.7. The Balaban J connectivity index is 3.72. The van der Waals surface area contributed by atoms with E-state index in [0.29, 0.717) is 6.42 Å². The van der Waals surface area contributed by atoms with E-state index in [4.69, 9.17) is 5.26 Å². The fraction of sp³-hybridized carbons (Fsp3) is 0.714. The molecule has 0 aliphatic rings. The van der Waals surface area contributed by atoms with E-state index in [-0.39, 0.29) is 12.5 Å². The molecule has 62 valence electrons. The van der Waals surface area contributed by atoms with Gasteiger partial charge in [-0.05, 0) is 6.42 Å². The molecule has 1 unspecified atom stereocenters. The van der Waals surface area contributed by atoms with Crippen LogP contribution in [-0.2, 0) is 4.79 Å². The number of hydrogen-bond acceptors (Lipinski definition) is 2. The van der Waals surface area contributed by atoms with Gasteiger partial charge in [-0.3, -0.25) is 4.79 Å². The molecule has 1 atom stereocenters. The topological polar surface area (TPSA) is 52.9 Å². The van der Waals surface area contributed by atoms with Gasteiger partial charge in [0.15, 0.2) is 0 Å². The maximum Gasteiger partial charge on any atom is 0.237 e. The van der Waals surface area contributed by atoms with E-state index < -0.39 is 12.6 Å². The molecule has 11 heavy (non-hydrogen) atoms. The number of carbonyl (C=O) groups excluding carboxylic acids is 1. The Bertz CT molecular complexity index is 164. The number of hydrogen-bond donors (Lipinski definition) is 1. The summed E-state index contributed by atoms with van der Waals surface area (Å²) in [5, 5.41) is 10.7. The molecule has 0 rings (SSSR count). The van der Waals surface area contributed by atoms with Crippen LogP contribution in [0.1, 0.15) is 13.3 Å². The third-order valence-electron chi connectivity index (χ3n) is 1.27. The summed E-state index contributed by atoms with van der Waals surface area (Å²) in [4.78, 5) is 10.9.